The van der Waals surface area contributed by atoms with Crippen molar-refractivity contribution in [1.29, 1.82) is 0 Å². The van der Waals surface area contributed by atoms with E-state index < -0.39 is 29.7 Å². The molecule has 0 amide bonds. The van der Waals surface area contributed by atoms with Crippen LogP contribution in [0.1, 0.15) is 0 Å². The molecule has 7 heteroatoms. The molecule has 62 valence electrons. The predicted octanol–water partition coefficient (Wildman–Crippen LogP) is -1.84. The van der Waals surface area contributed by atoms with Crippen LogP contribution in [-0.4, -0.2) is 42.5 Å². The lowest BCUT2D eigenvalue weighted by Gasteiger charge is -2.03. The Balaban J connectivity index is 3.56. The summed E-state index contributed by atoms with van der Waals surface area (Å²) in [7, 11) is -4.50. The van der Waals surface area contributed by atoms with E-state index in [-0.39, 0.29) is 0 Å². The van der Waals surface area contributed by atoms with Crippen LogP contribution in [0.3, 0.4) is 0 Å². The van der Waals surface area contributed by atoms with Crippen molar-refractivity contribution in [3.05, 3.63) is 0 Å². The molecule has 0 aromatic rings. The van der Waals surface area contributed by atoms with Gasteiger partial charge in [0.2, 0.25) is 0 Å². The summed E-state index contributed by atoms with van der Waals surface area (Å²) in [6.45, 7) is -1.26. The monoisotopic (exact) mass is 172 g/mol. The Hall–Kier alpha value is -0.210. The summed E-state index contributed by atoms with van der Waals surface area (Å²) >= 11 is 0. The molecule has 0 aliphatic carbocycles. The van der Waals surface area contributed by atoms with E-state index in [2.05, 4.69) is 4.18 Å². The zero-order chi connectivity index (χ0) is 8.20. The average molecular weight is 172 g/mol. The smallest absolute Gasteiger partial charge is 0.394 e. The molecule has 3 N–H and O–H groups in total. The van der Waals surface area contributed by atoms with Crippen molar-refractivity contribution >= 4 is 10.4 Å². The first-order valence-electron chi connectivity index (χ1n) is 2.36. The SMILES string of the molecule is O=S(=O)(O)OCC(O)CO. The topological polar surface area (TPSA) is 104 Å². The maximum atomic E-state index is 9.79. The van der Waals surface area contributed by atoms with Crippen LogP contribution in [0, 0.1) is 0 Å². The van der Waals surface area contributed by atoms with Gasteiger partial charge in [0.05, 0.1) is 13.2 Å². The minimum absolute atomic E-state index is 0.616. The maximum absolute atomic E-state index is 9.79. The fourth-order valence-corrected chi connectivity index (χ4v) is 0.546. The number of aliphatic hydroxyl groups excluding tert-OH is 2. The Morgan fingerprint density at radius 1 is 1.50 bits per heavy atom. The lowest BCUT2D eigenvalue weighted by molar-refractivity contribution is 0.0517. The average Bonchev–Trinajstić information content (AvgIpc) is 1.81. The van der Waals surface area contributed by atoms with E-state index in [0.29, 0.717) is 0 Å². The Kier molecular flexibility index (Phi) is 3.76. The van der Waals surface area contributed by atoms with E-state index in [0.717, 1.165) is 0 Å². The van der Waals surface area contributed by atoms with Gasteiger partial charge in [-0.1, -0.05) is 0 Å². The zero-order valence-electron chi connectivity index (χ0n) is 4.97. The summed E-state index contributed by atoms with van der Waals surface area (Å²) < 4.78 is 31.2. The van der Waals surface area contributed by atoms with Gasteiger partial charge in [0.15, 0.2) is 0 Å². The number of aliphatic hydroxyl groups is 2. The summed E-state index contributed by atoms with van der Waals surface area (Å²) in [6.07, 6.45) is -1.29. The van der Waals surface area contributed by atoms with Crippen molar-refractivity contribution in [1.82, 2.24) is 0 Å². The molecule has 0 aliphatic rings. The first-order chi connectivity index (χ1) is 4.45. The highest BCUT2D eigenvalue weighted by Crippen LogP contribution is 1.88. The van der Waals surface area contributed by atoms with E-state index >= 15 is 0 Å². The van der Waals surface area contributed by atoms with Crippen LogP contribution in [0.2, 0.25) is 0 Å². The third-order valence-electron chi connectivity index (χ3n) is 0.620. The van der Waals surface area contributed by atoms with E-state index in [1.807, 2.05) is 0 Å². The van der Waals surface area contributed by atoms with Crippen LogP contribution < -0.4 is 0 Å². The fourth-order valence-electron chi connectivity index (χ4n) is 0.217. The van der Waals surface area contributed by atoms with Gasteiger partial charge in [0.1, 0.15) is 6.10 Å². The summed E-state index contributed by atoms with van der Waals surface area (Å²) in [5.41, 5.74) is 0. The van der Waals surface area contributed by atoms with E-state index in [9.17, 15) is 8.42 Å². The molecule has 0 aliphatic heterocycles. The molecule has 0 aromatic carbocycles. The van der Waals surface area contributed by atoms with Crippen molar-refractivity contribution < 1.29 is 27.4 Å². The highest BCUT2D eigenvalue weighted by atomic mass is 32.3. The largest absolute Gasteiger partial charge is 0.397 e. The molecular formula is C3H8O6S. The van der Waals surface area contributed by atoms with Gasteiger partial charge in [0.25, 0.3) is 0 Å². The molecule has 0 aromatic heterocycles. The lowest BCUT2D eigenvalue weighted by Crippen LogP contribution is -2.21. The number of hydrogen-bond donors (Lipinski definition) is 3. The van der Waals surface area contributed by atoms with Crippen LogP contribution >= 0.6 is 0 Å². The normalized spacial score (nSPS) is 15.1. The van der Waals surface area contributed by atoms with Gasteiger partial charge in [-0.15, -0.1) is 0 Å². The number of rotatable bonds is 4. The molecule has 10 heavy (non-hydrogen) atoms. The van der Waals surface area contributed by atoms with Gasteiger partial charge in [-0.3, -0.25) is 4.55 Å². The van der Waals surface area contributed by atoms with Crippen LogP contribution in [0.5, 0.6) is 0 Å². The van der Waals surface area contributed by atoms with Gasteiger partial charge in [-0.25, -0.2) is 4.18 Å². The van der Waals surface area contributed by atoms with Crippen LogP contribution in [0.15, 0.2) is 0 Å². The van der Waals surface area contributed by atoms with Crippen molar-refractivity contribution in [3.8, 4) is 0 Å². The highest BCUT2D eigenvalue weighted by molar-refractivity contribution is 7.80. The van der Waals surface area contributed by atoms with Crippen molar-refractivity contribution in [2.75, 3.05) is 13.2 Å². The van der Waals surface area contributed by atoms with Crippen LogP contribution in [-0.2, 0) is 14.6 Å². The molecule has 0 bridgehead atoms. The molecule has 1 unspecified atom stereocenters. The van der Waals surface area contributed by atoms with Gasteiger partial charge in [-0.2, -0.15) is 8.42 Å². The van der Waals surface area contributed by atoms with E-state index in [1.165, 1.54) is 0 Å². The second kappa shape index (κ2) is 3.84. The van der Waals surface area contributed by atoms with Gasteiger partial charge < -0.3 is 10.2 Å². The van der Waals surface area contributed by atoms with Gasteiger partial charge >= 0.3 is 10.4 Å². The lowest BCUT2D eigenvalue weighted by atomic mass is 10.4. The molecule has 6 nitrogen and oxygen atoms in total. The zero-order valence-corrected chi connectivity index (χ0v) is 5.78. The summed E-state index contributed by atoms with van der Waals surface area (Å²) in [5.74, 6) is 0. The van der Waals surface area contributed by atoms with Crippen molar-refractivity contribution in [2.45, 2.75) is 6.10 Å². The van der Waals surface area contributed by atoms with E-state index in [1.54, 1.807) is 0 Å². The van der Waals surface area contributed by atoms with Crippen molar-refractivity contribution in [2.24, 2.45) is 0 Å². The first-order valence-corrected chi connectivity index (χ1v) is 3.73. The van der Waals surface area contributed by atoms with Gasteiger partial charge in [-0.05, 0) is 0 Å². The quantitative estimate of drug-likeness (QED) is 0.430. The molecule has 0 radical (unpaired) electrons. The molecular weight excluding hydrogens is 164 g/mol. The second-order valence-electron chi connectivity index (χ2n) is 1.55. The first kappa shape index (κ1) is 9.79. The Morgan fingerprint density at radius 3 is 2.30 bits per heavy atom. The van der Waals surface area contributed by atoms with E-state index in [4.69, 9.17) is 14.8 Å². The highest BCUT2D eigenvalue weighted by Gasteiger charge is 2.08. The standard InChI is InChI=1S/C3H8O6S/c4-1-3(5)2-9-10(6,7)8/h3-5H,1-2H2,(H,6,7,8). The Morgan fingerprint density at radius 2 is 2.00 bits per heavy atom. The molecule has 0 heterocycles. The summed E-state index contributed by atoms with van der Waals surface area (Å²) in [6, 6.07) is 0. The van der Waals surface area contributed by atoms with Crippen molar-refractivity contribution in [3.63, 3.8) is 0 Å². The van der Waals surface area contributed by atoms with Crippen LogP contribution in [0.4, 0.5) is 0 Å². The molecule has 1 atom stereocenters. The predicted molar refractivity (Wildman–Crippen MR) is 30.6 cm³/mol. The number of hydrogen-bond acceptors (Lipinski definition) is 5. The molecule has 0 fully saturated rings. The Bertz CT molecular complexity index is 171. The molecule has 0 spiro atoms. The fraction of sp³-hybridized carbons (Fsp3) is 1.00. The minimum Gasteiger partial charge on any atom is -0.394 e. The third-order valence-corrected chi connectivity index (χ3v) is 1.05. The second-order valence-corrected chi connectivity index (χ2v) is 2.64. The Labute approximate surface area is 58.0 Å². The molecule has 0 rings (SSSR count). The summed E-state index contributed by atoms with van der Waals surface area (Å²) in [4.78, 5) is 0. The van der Waals surface area contributed by atoms with Gasteiger partial charge in [0, 0.05) is 0 Å². The third kappa shape index (κ3) is 5.92. The minimum atomic E-state index is -4.50. The molecule has 0 saturated carbocycles. The summed E-state index contributed by atoms with van der Waals surface area (Å²) in [5, 5.41) is 16.6. The van der Waals surface area contributed by atoms with Crippen LogP contribution in [0.25, 0.3) is 0 Å². The maximum Gasteiger partial charge on any atom is 0.397 e. The molecule has 0 saturated heterocycles.